The van der Waals surface area contributed by atoms with Crippen molar-refractivity contribution >= 4 is 18.3 Å². The van der Waals surface area contributed by atoms with Gasteiger partial charge in [-0.05, 0) is 48.2 Å². The van der Waals surface area contributed by atoms with Crippen LogP contribution in [-0.2, 0) is 7.05 Å². The van der Waals surface area contributed by atoms with Crippen molar-refractivity contribution in [3.05, 3.63) is 77.1 Å². The van der Waals surface area contributed by atoms with E-state index in [1.807, 2.05) is 55.9 Å². The van der Waals surface area contributed by atoms with Gasteiger partial charge in [-0.1, -0.05) is 24.3 Å². The van der Waals surface area contributed by atoms with Crippen LogP contribution in [0, 0.1) is 19.7 Å². The second-order valence-corrected chi connectivity index (χ2v) is 7.61. The number of imidazole rings is 1. The zero-order valence-electron chi connectivity index (χ0n) is 17.4. The summed E-state index contributed by atoms with van der Waals surface area (Å²) in [6.07, 6.45) is 3.57. The first-order chi connectivity index (χ1) is 14.0. The fraction of sp³-hybridized carbons (Fsp3) is 0.304. The summed E-state index contributed by atoms with van der Waals surface area (Å²) in [6.45, 7) is 5.87. The van der Waals surface area contributed by atoms with E-state index in [2.05, 4.69) is 10.3 Å². The van der Waals surface area contributed by atoms with Crippen LogP contribution in [0.25, 0.3) is 11.1 Å². The predicted octanol–water partition coefficient (Wildman–Crippen LogP) is 4.05. The van der Waals surface area contributed by atoms with Gasteiger partial charge in [-0.2, -0.15) is 0 Å². The van der Waals surface area contributed by atoms with Gasteiger partial charge in [0, 0.05) is 39.1 Å². The van der Waals surface area contributed by atoms with Crippen LogP contribution in [0.5, 0.6) is 0 Å². The van der Waals surface area contributed by atoms with E-state index in [-0.39, 0.29) is 29.9 Å². The lowest BCUT2D eigenvalue weighted by atomic mass is 9.99. The highest BCUT2D eigenvalue weighted by Crippen LogP contribution is 2.27. The third-order valence-electron chi connectivity index (χ3n) is 5.70. The number of aromatic nitrogens is 2. The van der Waals surface area contributed by atoms with E-state index in [0.717, 1.165) is 22.5 Å². The van der Waals surface area contributed by atoms with Crippen LogP contribution < -0.4 is 5.32 Å². The van der Waals surface area contributed by atoms with Crippen molar-refractivity contribution < 1.29 is 9.18 Å². The average molecular weight is 429 g/mol. The molecule has 1 aliphatic heterocycles. The van der Waals surface area contributed by atoms with Crippen molar-refractivity contribution in [2.45, 2.75) is 19.9 Å². The number of carbonyl (C=O) groups excluding carboxylic acids is 1. The molecule has 1 saturated heterocycles. The molecular weight excluding hydrogens is 403 g/mol. The molecule has 4 rings (SSSR count). The Kier molecular flexibility index (Phi) is 6.58. The number of hydrogen-bond donors (Lipinski definition) is 1. The number of nitrogens with one attached hydrogen (secondary N) is 1. The molecule has 1 aromatic heterocycles. The van der Waals surface area contributed by atoms with Crippen LogP contribution in [0.15, 0.2) is 48.8 Å². The van der Waals surface area contributed by atoms with E-state index in [1.165, 1.54) is 11.6 Å². The molecule has 0 saturated carbocycles. The number of aryl methyl sites for hydroxylation is 3. The molecule has 158 valence electrons. The zero-order valence-corrected chi connectivity index (χ0v) is 18.2. The molecule has 0 bridgehead atoms. The minimum atomic E-state index is -0.497. The molecule has 5 nitrogen and oxygen atoms in total. The zero-order chi connectivity index (χ0) is 20.5. The molecule has 2 heterocycles. The molecule has 30 heavy (non-hydrogen) atoms. The summed E-state index contributed by atoms with van der Waals surface area (Å²) in [7, 11) is 1.90. The Bertz CT molecular complexity index is 1070. The lowest BCUT2D eigenvalue weighted by Crippen LogP contribution is -2.49. The number of hydrogen-bond acceptors (Lipinski definition) is 3. The van der Waals surface area contributed by atoms with E-state index in [9.17, 15) is 9.18 Å². The largest absolute Gasteiger partial charge is 0.336 e. The number of benzene rings is 2. The quantitative estimate of drug-likeness (QED) is 0.684. The SMILES string of the molecule is Cc1ccc(-c2ccc(C(=O)N3CCNCC3c3nccn3C)c(F)c2)cc1C.Cl. The van der Waals surface area contributed by atoms with E-state index in [1.54, 1.807) is 17.2 Å². The summed E-state index contributed by atoms with van der Waals surface area (Å²) < 4.78 is 16.9. The first-order valence-corrected chi connectivity index (χ1v) is 9.82. The van der Waals surface area contributed by atoms with Crippen molar-refractivity contribution in [2.24, 2.45) is 7.05 Å². The molecule has 0 aliphatic carbocycles. The number of amides is 1. The van der Waals surface area contributed by atoms with E-state index in [4.69, 9.17) is 0 Å². The molecule has 0 spiro atoms. The monoisotopic (exact) mass is 428 g/mol. The lowest BCUT2D eigenvalue weighted by molar-refractivity contribution is 0.0616. The fourth-order valence-corrected chi connectivity index (χ4v) is 3.82. The highest BCUT2D eigenvalue weighted by molar-refractivity contribution is 5.95. The molecule has 1 N–H and O–H groups in total. The van der Waals surface area contributed by atoms with E-state index in [0.29, 0.717) is 19.6 Å². The van der Waals surface area contributed by atoms with E-state index < -0.39 is 5.82 Å². The number of halogens is 2. The highest BCUT2D eigenvalue weighted by atomic mass is 35.5. The van der Waals surface area contributed by atoms with Crippen LogP contribution in [0.2, 0.25) is 0 Å². The second-order valence-electron chi connectivity index (χ2n) is 7.61. The molecule has 1 unspecified atom stereocenters. The smallest absolute Gasteiger partial charge is 0.257 e. The maximum Gasteiger partial charge on any atom is 0.257 e. The van der Waals surface area contributed by atoms with Gasteiger partial charge in [0.05, 0.1) is 5.56 Å². The third kappa shape index (κ3) is 4.11. The second kappa shape index (κ2) is 8.98. The maximum atomic E-state index is 15.0. The highest BCUT2D eigenvalue weighted by Gasteiger charge is 2.32. The van der Waals surface area contributed by atoms with Gasteiger partial charge in [-0.3, -0.25) is 4.79 Å². The summed E-state index contributed by atoms with van der Waals surface area (Å²) in [5, 5.41) is 3.30. The lowest BCUT2D eigenvalue weighted by Gasteiger charge is -2.35. The molecule has 1 aliphatic rings. The molecule has 1 atom stereocenters. The van der Waals surface area contributed by atoms with E-state index >= 15 is 0 Å². The Morgan fingerprint density at radius 1 is 1.13 bits per heavy atom. The van der Waals surface area contributed by atoms with Crippen LogP contribution in [-0.4, -0.2) is 40.0 Å². The topological polar surface area (TPSA) is 50.2 Å². The molecular formula is C23H26ClFN4O. The van der Waals surface area contributed by atoms with Crippen LogP contribution in [0.4, 0.5) is 4.39 Å². The Labute approximate surface area is 182 Å². The van der Waals surface area contributed by atoms with Gasteiger partial charge in [-0.25, -0.2) is 9.37 Å². The molecule has 0 radical (unpaired) electrons. The predicted molar refractivity (Wildman–Crippen MR) is 118 cm³/mol. The van der Waals surface area contributed by atoms with Crippen molar-refractivity contribution in [2.75, 3.05) is 19.6 Å². The van der Waals surface area contributed by atoms with Gasteiger partial charge in [0.25, 0.3) is 5.91 Å². The minimum Gasteiger partial charge on any atom is -0.336 e. The third-order valence-corrected chi connectivity index (χ3v) is 5.70. The van der Waals surface area contributed by atoms with Crippen LogP contribution in [0.3, 0.4) is 0 Å². The molecule has 1 fully saturated rings. The Hall–Kier alpha value is -2.70. The number of rotatable bonds is 3. The normalized spacial score (nSPS) is 16.3. The number of nitrogens with zero attached hydrogens (tertiary/aromatic N) is 3. The van der Waals surface area contributed by atoms with Gasteiger partial charge in [0.2, 0.25) is 0 Å². The summed E-state index contributed by atoms with van der Waals surface area (Å²) >= 11 is 0. The van der Waals surface area contributed by atoms with Crippen molar-refractivity contribution in [3.8, 4) is 11.1 Å². The first-order valence-electron chi connectivity index (χ1n) is 9.82. The summed E-state index contributed by atoms with van der Waals surface area (Å²) in [5.74, 6) is -0.0100. The Morgan fingerprint density at radius 3 is 2.53 bits per heavy atom. The van der Waals surface area contributed by atoms with Crippen molar-refractivity contribution in [3.63, 3.8) is 0 Å². The Balaban J connectivity index is 0.00000256. The van der Waals surface area contributed by atoms with Gasteiger partial charge < -0.3 is 14.8 Å². The average Bonchev–Trinajstić information content (AvgIpc) is 3.15. The molecule has 2 aromatic carbocycles. The van der Waals surface area contributed by atoms with Gasteiger partial charge >= 0.3 is 0 Å². The van der Waals surface area contributed by atoms with Gasteiger partial charge in [-0.15, -0.1) is 12.4 Å². The number of piperazine rings is 1. The van der Waals surface area contributed by atoms with Crippen molar-refractivity contribution in [1.82, 2.24) is 19.8 Å². The Morgan fingerprint density at radius 2 is 1.87 bits per heavy atom. The number of carbonyl (C=O) groups is 1. The van der Waals surface area contributed by atoms with Gasteiger partial charge in [0.15, 0.2) is 0 Å². The summed E-state index contributed by atoms with van der Waals surface area (Å²) in [4.78, 5) is 19.3. The standard InChI is InChI=1S/C23H25FN4O.ClH/c1-15-4-5-17(12-16(15)2)18-6-7-19(20(24)13-18)23(29)28-11-8-25-14-21(28)22-26-9-10-27(22)3;/h4-7,9-10,12-13,21,25H,8,11,14H2,1-3H3;1H. The maximum absolute atomic E-state index is 15.0. The van der Waals surface area contributed by atoms with Crippen molar-refractivity contribution in [1.29, 1.82) is 0 Å². The summed E-state index contributed by atoms with van der Waals surface area (Å²) in [6, 6.07) is 10.7. The summed E-state index contributed by atoms with van der Waals surface area (Å²) in [5.41, 5.74) is 4.16. The fourth-order valence-electron chi connectivity index (χ4n) is 3.82. The van der Waals surface area contributed by atoms with Crippen LogP contribution >= 0.6 is 12.4 Å². The molecule has 3 aromatic rings. The minimum absolute atomic E-state index is 0. The first kappa shape index (κ1) is 22.0. The molecule has 1 amide bonds. The van der Waals surface area contributed by atoms with Crippen LogP contribution in [0.1, 0.15) is 33.4 Å². The molecule has 7 heteroatoms. The van der Waals surface area contributed by atoms with Gasteiger partial charge in [0.1, 0.15) is 17.7 Å².